The molecule has 4 aromatic rings. The fourth-order valence-electron chi connectivity index (χ4n) is 4.42. The van der Waals surface area contributed by atoms with Crippen LogP contribution in [-0.2, 0) is 24.8 Å². The van der Waals surface area contributed by atoms with Crippen molar-refractivity contribution < 1.29 is 30.8 Å². The molecule has 0 aliphatic heterocycles. The van der Waals surface area contributed by atoms with Crippen molar-refractivity contribution in [2.45, 2.75) is 22.1 Å². The third-order valence-corrected chi connectivity index (χ3v) is 10.5. The van der Waals surface area contributed by atoms with Gasteiger partial charge in [0, 0.05) is 17.7 Å². The molecule has 1 N–H and O–H groups in total. The van der Waals surface area contributed by atoms with Crippen molar-refractivity contribution in [1.82, 2.24) is 0 Å². The number of amides is 1. The lowest BCUT2D eigenvalue weighted by Crippen LogP contribution is -2.37. The van der Waals surface area contributed by atoms with Crippen LogP contribution in [-0.4, -0.2) is 28.5 Å². The van der Waals surface area contributed by atoms with E-state index >= 15 is 4.39 Å². The number of benzene rings is 4. The minimum absolute atomic E-state index is 0.0318. The van der Waals surface area contributed by atoms with Gasteiger partial charge in [-0.15, -0.1) is 0 Å². The first kappa shape index (κ1) is 26.3. The molecule has 0 aromatic heterocycles. The fraction of sp³-hybridized carbons (Fsp3) is 0.0714. The van der Waals surface area contributed by atoms with Crippen LogP contribution in [0, 0.1) is 5.82 Å². The molecular formula is C28H21FN2O6S2. The molecule has 4 aromatic carbocycles. The van der Waals surface area contributed by atoms with Crippen LogP contribution in [0.4, 0.5) is 15.8 Å². The predicted molar refractivity (Wildman–Crippen MR) is 143 cm³/mol. The SMILES string of the molecule is O=C1CC(C(=O)Nc2ccc(F)c(N(S(=O)(=O)c3ccccc3)S(=O)(=O)c3ccccc3)c2)c2ccccc21. The highest BCUT2D eigenvalue weighted by atomic mass is 32.3. The van der Waals surface area contributed by atoms with E-state index in [1.165, 1.54) is 54.6 Å². The minimum Gasteiger partial charge on any atom is -0.325 e. The molecule has 1 atom stereocenters. The summed E-state index contributed by atoms with van der Waals surface area (Å²) in [5, 5.41) is 2.58. The second-order valence-electron chi connectivity index (χ2n) is 8.76. The summed E-state index contributed by atoms with van der Waals surface area (Å²) in [7, 11) is -9.69. The van der Waals surface area contributed by atoms with Crippen molar-refractivity contribution in [2.75, 3.05) is 9.03 Å². The van der Waals surface area contributed by atoms with E-state index in [0.717, 1.165) is 12.1 Å². The quantitative estimate of drug-likeness (QED) is 0.347. The van der Waals surface area contributed by atoms with Crippen LogP contribution in [0.15, 0.2) is 113 Å². The van der Waals surface area contributed by atoms with Gasteiger partial charge in [-0.3, -0.25) is 9.59 Å². The first-order valence-corrected chi connectivity index (χ1v) is 14.6. The number of rotatable bonds is 7. The van der Waals surface area contributed by atoms with Crippen LogP contribution in [0.25, 0.3) is 0 Å². The predicted octanol–water partition coefficient (Wildman–Crippen LogP) is 4.72. The maximum Gasteiger partial charge on any atom is 0.277 e. The molecule has 0 spiro atoms. The van der Waals surface area contributed by atoms with Crippen LogP contribution in [0.2, 0.25) is 0 Å². The van der Waals surface area contributed by atoms with Gasteiger partial charge in [-0.2, -0.15) is 3.71 Å². The maximum atomic E-state index is 15.3. The summed E-state index contributed by atoms with van der Waals surface area (Å²) in [6, 6.07) is 23.2. The second kappa shape index (κ2) is 10.1. The number of nitrogens with zero attached hydrogens (tertiary/aromatic N) is 1. The summed E-state index contributed by atoms with van der Waals surface area (Å²) in [6.45, 7) is 0. The zero-order valence-electron chi connectivity index (χ0n) is 20.2. The second-order valence-corrected chi connectivity index (χ2v) is 12.6. The molecule has 0 saturated carbocycles. The highest BCUT2D eigenvalue weighted by Gasteiger charge is 2.39. The lowest BCUT2D eigenvalue weighted by atomic mass is 10.0. The Morgan fingerprint density at radius 2 is 1.31 bits per heavy atom. The zero-order chi connectivity index (χ0) is 27.8. The molecule has 0 heterocycles. The highest BCUT2D eigenvalue weighted by Crippen LogP contribution is 2.36. The number of anilines is 2. The summed E-state index contributed by atoms with van der Waals surface area (Å²) < 4.78 is 70.0. The molecule has 1 aliphatic carbocycles. The Morgan fingerprint density at radius 1 is 0.769 bits per heavy atom. The number of carbonyl (C=O) groups is 2. The van der Waals surface area contributed by atoms with E-state index in [1.807, 2.05) is 0 Å². The Hall–Kier alpha value is -4.35. The Bertz CT molecular complexity index is 1730. The van der Waals surface area contributed by atoms with E-state index in [0.29, 0.717) is 11.1 Å². The Labute approximate surface area is 224 Å². The number of ketones is 1. The van der Waals surface area contributed by atoms with Crippen molar-refractivity contribution in [1.29, 1.82) is 0 Å². The van der Waals surface area contributed by atoms with Crippen molar-refractivity contribution >= 4 is 43.1 Å². The number of hydrogen-bond acceptors (Lipinski definition) is 6. The van der Waals surface area contributed by atoms with Crippen molar-refractivity contribution in [3.8, 4) is 0 Å². The average molecular weight is 565 g/mol. The monoisotopic (exact) mass is 564 g/mol. The first-order valence-electron chi connectivity index (χ1n) is 11.7. The summed E-state index contributed by atoms with van der Waals surface area (Å²) in [6.07, 6.45) is -0.0594. The third-order valence-electron chi connectivity index (χ3n) is 6.27. The Morgan fingerprint density at radius 3 is 1.90 bits per heavy atom. The number of carbonyl (C=O) groups excluding carboxylic acids is 2. The molecule has 198 valence electrons. The van der Waals surface area contributed by atoms with Gasteiger partial charge in [0.15, 0.2) is 5.78 Å². The lowest BCUT2D eigenvalue weighted by Gasteiger charge is -2.25. The van der Waals surface area contributed by atoms with Crippen LogP contribution in [0.3, 0.4) is 0 Å². The normalized spacial score (nSPS) is 15.0. The lowest BCUT2D eigenvalue weighted by molar-refractivity contribution is -0.117. The smallest absolute Gasteiger partial charge is 0.277 e. The summed E-state index contributed by atoms with van der Waals surface area (Å²) >= 11 is 0. The first-order chi connectivity index (χ1) is 18.6. The maximum absolute atomic E-state index is 15.3. The zero-order valence-corrected chi connectivity index (χ0v) is 21.8. The molecule has 11 heteroatoms. The van der Waals surface area contributed by atoms with Crippen molar-refractivity contribution in [3.05, 3.63) is 120 Å². The van der Waals surface area contributed by atoms with Gasteiger partial charge in [0.1, 0.15) is 11.5 Å². The number of nitrogens with one attached hydrogen (secondary N) is 1. The van der Waals surface area contributed by atoms with Gasteiger partial charge in [0.25, 0.3) is 20.0 Å². The molecule has 1 aliphatic rings. The van der Waals surface area contributed by atoms with Gasteiger partial charge in [0.05, 0.1) is 15.7 Å². The number of sulfonamides is 2. The standard InChI is InChI=1S/C28H21FN2O6S2/c29-25-16-15-19(30-28(33)24-18-27(32)23-14-8-7-13-22(23)24)17-26(25)31(38(34,35)20-9-3-1-4-10-20)39(36,37)21-11-5-2-6-12-21/h1-17,24H,18H2,(H,30,33). The summed E-state index contributed by atoms with van der Waals surface area (Å²) in [5.74, 6) is -2.72. The highest BCUT2D eigenvalue weighted by molar-refractivity contribution is 8.10. The average Bonchev–Trinajstić information content (AvgIpc) is 3.28. The van der Waals surface area contributed by atoms with E-state index in [2.05, 4.69) is 5.32 Å². The van der Waals surface area contributed by atoms with Gasteiger partial charge in [-0.05, 0) is 48.0 Å². The van der Waals surface area contributed by atoms with Crippen LogP contribution in [0.5, 0.6) is 0 Å². The number of fused-ring (bicyclic) bond motifs is 1. The van der Waals surface area contributed by atoms with Gasteiger partial charge in [-0.25, -0.2) is 21.2 Å². The summed E-state index contributed by atoms with van der Waals surface area (Å²) in [5.41, 5.74) is 0.127. The van der Waals surface area contributed by atoms with E-state index in [1.54, 1.807) is 36.4 Å². The Balaban J connectivity index is 1.59. The van der Waals surface area contributed by atoms with Crippen molar-refractivity contribution in [2.24, 2.45) is 0 Å². The van der Waals surface area contributed by atoms with Gasteiger partial charge in [-0.1, -0.05) is 60.7 Å². The van der Waals surface area contributed by atoms with Gasteiger partial charge >= 0.3 is 0 Å². The van der Waals surface area contributed by atoms with Crippen molar-refractivity contribution in [3.63, 3.8) is 0 Å². The molecule has 0 radical (unpaired) electrons. The molecule has 0 fully saturated rings. The largest absolute Gasteiger partial charge is 0.325 e. The molecule has 0 saturated heterocycles. The van der Waals surface area contributed by atoms with E-state index < -0.39 is 43.4 Å². The molecule has 1 amide bonds. The minimum atomic E-state index is -4.84. The molecular weight excluding hydrogens is 543 g/mol. The number of halogens is 1. The molecule has 8 nitrogen and oxygen atoms in total. The topological polar surface area (TPSA) is 118 Å². The molecule has 5 rings (SSSR count). The van der Waals surface area contributed by atoms with Crippen LogP contribution in [0.1, 0.15) is 28.3 Å². The summed E-state index contributed by atoms with van der Waals surface area (Å²) in [4.78, 5) is 24.7. The van der Waals surface area contributed by atoms with E-state index in [-0.39, 0.29) is 31.4 Å². The van der Waals surface area contributed by atoms with Gasteiger partial charge < -0.3 is 5.32 Å². The van der Waals surface area contributed by atoms with Crippen LogP contribution >= 0.6 is 0 Å². The van der Waals surface area contributed by atoms with E-state index in [4.69, 9.17) is 0 Å². The van der Waals surface area contributed by atoms with E-state index in [9.17, 15) is 26.4 Å². The molecule has 0 bridgehead atoms. The molecule has 39 heavy (non-hydrogen) atoms. The molecule has 1 unspecified atom stereocenters. The van der Waals surface area contributed by atoms with Gasteiger partial charge in [0.2, 0.25) is 5.91 Å². The Kier molecular flexibility index (Phi) is 6.79. The van der Waals surface area contributed by atoms with Crippen LogP contribution < -0.4 is 9.03 Å². The third kappa shape index (κ3) is 4.82. The number of Topliss-reactive ketones (excluding diaryl/α,β-unsaturated/α-hetero) is 1. The fourth-order valence-corrected chi connectivity index (χ4v) is 8.15. The number of hydrogen-bond donors (Lipinski definition) is 1.